The number of imidazole rings is 2. The molecule has 4 unspecified atom stereocenters. The topological polar surface area (TPSA) is 104 Å². The molecule has 0 aromatic carbocycles. The first kappa shape index (κ1) is 49.1. The summed E-state index contributed by atoms with van der Waals surface area (Å²) in [5, 5.41) is 3.12. The number of rotatable bonds is 20. The van der Waals surface area contributed by atoms with E-state index in [1.165, 1.54) is 51.9 Å². The van der Waals surface area contributed by atoms with Crippen LogP contribution in [0.15, 0.2) is 37.4 Å². The Kier molecular flexibility index (Phi) is 15.4. The van der Waals surface area contributed by atoms with Crippen molar-refractivity contribution in [2.24, 2.45) is 0 Å². The zero-order valence-electron chi connectivity index (χ0n) is 28.9. The van der Waals surface area contributed by atoms with Crippen molar-refractivity contribution in [2.45, 2.75) is 107 Å². The third-order valence-corrected chi connectivity index (χ3v) is 7.57. The summed E-state index contributed by atoms with van der Waals surface area (Å²) in [4.78, 5) is 23.9. The molecular formula is C28H32F18N6O5+2. The molecule has 2 aromatic heterocycles. The molecule has 57 heavy (non-hydrogen) atoms. The van der Waals surface area contributed by atoms with Crippen LogP contribution < -0.4 is 19.8 Å². The average molecular weight is 875 g/mol. The highest BCUT2D eigenvalue weighted by molar-refractivity contribution is 5.82. The molecule has 2 N–H and O–H groups in total. The second kappa shape index (κ2) is 17.9. The Labute approximate surface area is 308 Å². The fraction of sp³-hybridized carbons (Fsp3) is 0.714. The first-order valence-corrected chi connectivity index (χ1v) is 15.6. The number of alkyl halides is 18. The third kappa shape index (κ3) is 13.0. The Morgan fingerprint density at radius 3 is 1.40 bits per heavy atom. The minimum atomic E-state index is -6.36. The number of carbonyl (C=O) groups excluding carboxylic acids is 2. The number of carbonyl (C=O) groups is 2. The molecule has 0 fully saturated rings. The second-order valence-corrected chi connectivity index (χ2v) is 12.1. The number of amides is 2. The molecule has 2 aromatic rings. The predicted octanol–water partition coefficient (Wildman–Crippen LogP) is 4.82. The van der Waals surface area contributed by atoms with Crippen LogP contribution in [0.1, 0.15) is 20.3 Å². The molecule has 0 saturated heterocycles. The number of nitrogens with zero attached hydrogens (tertiary/aromatic N) is 4. The molecule has 4 atom stereocenters. The molecule has 0 aliphatic carbocycles. The highest BCUT2D eigenvalue weighted by Crippen LogP contribution is 2.48. The van der Waals surface area contributed by atoms with Crippen molar-refractivity contribution in [3.8, 4) is 0 Å². The van der Waals surface area contributed by atoms with Crippen LogP contribution in [0.2, 0.25) is 0 Å². The van der Waals surface area contributed by atoms with Crippen LogP contribution in [0.3, 0.4) is 0 Å². The summed E-state index contributed by atoms with van der Waals surface area (Å²) in [5.74, 6) is -4.65. The van der Waals surface area contributed by atoms with E-state index >= 15 is 0 Å². The molecule has 0 aliphatic heterocycles. The quantitative estimate of drug-likeness (QED) is 0.113. The van der Waals surface area contributed by atoms with Gasteiger partial charge in [-0.05, 0) is 13.8 Å². The van der Waals surface area contributed by atoms with Gasteiger partial charge in [-0.2, -0.15) is 70.2 Å². The summed E-state index contributed by atoms with van der Waals surface area (Å²) in [6.07, 6.45) is -37.2. The van der Waals surface area contributed by atoms with Crippen LogP contribution in [0.25, 0.3) is 0 Å². The zero-order chi connectivity index (χ0) is 44.1. The molecule has 2 heterocycles. The summed E-state index contributed by atoms with van der Waals surface area (Å²) in [5.41, 5.74) is -11.2. The van der Waals surface area contributed by atoms with E-state index in [4.69, 9.17) is 4.74 Å². The molecule has 0 aliphatic rings. The summed E-state index contributed by atoms with van der Waals surface area (Å²) in [6.45, 7) is -2.56. The van der Waals surface area contributed by atoms with Gasteiger partial charge in [0.2, 0.25) is 24.9 Å². The summed E-state index contributed by atoms with van der Waals surface area (Å²) < 4.78 is 254. The van der Waals surface area contributed by atoms with Gasteiger partial charge in [-0.3, -0.25) is 19.1 Å². The number of aryl methyl sites for hydroxylation is 1. The number of ether oxygens (including phenoxy) is 3. The highest BCUT2D eigenvalue weighted by atomic mass is 19.4. The minimum absolute atomic E-state index is 0.0115. The predicted molar refractivity (Wildman–Crippen MR) is 149 cm³/mol. The van der Waals surface area contributed by atoms with Crippen molar-refractivity contribution in [3.63, 3.8) is 0 Å². The Bertz CT molecular complexity index is 1620. The van der Waals surface area contributed by atoms with Crippen LogP contribution in [-0.2, 0) is 50.1 Å². The van der Waals surface area contributed by atoms with Gasteiger partial charge < -0.3 is 15.4 Å². The lowest BCUT2D eigenvalue weighted by atomic mass is 10.1. The summed E-state index contributed by atoms with van der Waals surface area (Å²) in [6, 6.07) is 0. The van der Waals surface area contributed by atoms with Gasteiger partial charge in [0.05, 0.1) is 19.8 Å². The lowest BCUT2D eigenvalue weighted by Gasteiger charge is -2.33. The fourth-order valence-corrected chi connectivity index (χ4v) is 4.02. The molecular weight excluding hydrogens is 842 g/mol. The molecule has 2 rings (SSSR count). The van der Waals surface area contributed by atoms with E-state index in [0.717, 1.165) is 4.57 Å². The highest BCUT2D eigenvalue weighted by Gasteiger charge is 2.72. The van der Waals surface area contributed by atoms with Crippen LogP contribution in [-0.4, -0.2) is 101 Å². The fourth-order valence-electron chi connectivity index (χ4n) is 4.02. The van der Waals surface area contributed by atoms with Crippen LogP contribution in [0.5, 0.6) is 0 Å². The molecule has 2 amide bonds. The largest absolute Gasteiger partial charge is 0.430 e. The van der Waals surface area contributed by atoms with Gasteiger partial charge >= 0.3 is 36.9 Å². The van der Waals surface area contributed by atoms with Gasteiger partial charge in [0.25, 0.3) is 23.2 Å². The van der Waals surface area contributed by atoms with Gasteiger partial charge in [-0.25, -0.2) is 27.0 Å². The van der Waals surface area contributed by atoms with E-state index in [1.807, 2.05) is 0 Å². The van der Waals surface area contributed by atoms with E-state index in [-0.39, 0.29) is 39.3 Å². The number of halogens is 18. The zero-order valence-corrected chi connectivity index (χ0v) is 28.9. The van der Waals surface area contributed by atoms with Gasteiger partial charge in [0, 0.05) is 13.0 Å². The van der Waals surface area contributed by atoms with E-state index in [1.54, 1.807) is 9.88 Å². The summed E-state index contributed by atoms with van der Waals surface area (Å²) >= 11 is 0. The monoisotopic (exact) mass is 874 g/mol. The van der Waals surface area contributed by atoms with E-state index in [2.05, 4.69) is 9.47 Å². The van der Waals surface area contributed by atoms with Crippen LogP contribution in [0, 0.1) is 0 Å². The molecule has 0 spiro atoms. The van der Waals surface area contributed by atoms with Crippen molar-refractivity contribution in [1.82, 2.24) is 19.8 Å². The maximum absolute atomic E-state index is 13.8. The minimum Gasteiger partial charge on any atom is -0.373 e. The van der Waals surface area contributed by atoms with Gasteiger partial charge in [-0.15, -0.1) is 0 Å². The van der Waals surface area contributed by atoms with E-state index < -0.39 is 99.3 Å². The molecule has 328 valence electrons. The Morgan fingerprint density at radius 2 is 1.00 bits per heavy atom. The maximum Gasteiger partial charge on any atom is 0.430 e. The maximum atomic E-state index is 13.8. The van der Waals surface area contributed by atoms with Gasteiger partial charge in [0.15, 0.2) is 6.67 Å². The van der Waals surface area contributed by atoms with E-state index in [9.17, 15) is 88.6 Å². The molecule has 0 radical (unpaired) electrons. The lowest BCUT2D eigenvalue weighted by Crippen LogP contribution is -2.59. The van der Waals surface area contributed by atoms with Crippen LogP contribution in [0.4, 0.5) is 79.0 Å². The molecule has 0 bridgehead atoms. The van der Waals surface area contributed by atoms with Crippen molar-refractivity contribution >= 4 is 11.8 Å². The molecule has 0 saturated carbocycles. The molecule has 11 nitrogen and oxygen atoms in total. The first-order valence-electron chi connectivity index (χ1n) is 15.6. The standard InChI is InChI=1S/C28H30F18N6O5/c1-21(29,25(37,38)39)27(43,44)56-17(23(31,32)33)19(53)47-4-3-5-49-6-7-50(15-49)10-12-55-13-11-51-8-9-52(16-51)14-48-20(54)18(24(34,35)36)57-28(45,46)22(2,30)26(40,41)42/h6-9,15-18H,3-5,10-14H2,1-2H3/p+2. The van der Waals surface area contributed by atoms with Crippen molar-refractivity contribution < 1.29 is 112 Å². The van der Waals surface area contributed by atoms with Crippen molar-refractivity contribution in [1.29, 1.82) is 0 Å². The van der Waals surface area contributed by atoms with E-state index in [0.29, 0.717) is 0 Å². The van der Waals surface area contributed by atoms with Gasteiger partial charge in [-0.1, -0.05) is 0 Å². The van der Waals surface area contributed by atoms with Crippen LogP contribution >= 0.6 is 0 Å². The summed E-state index contributed by atoms with van der Waals surface area (Å²) in [7, 11) is 0. The number of nitrogens with one attached hydrogen (secondary N) is 2. The number of aromatic nitrogens is 4. The second-order valence-electron chi connectivity index (χ2n) is 12.1. The Morgan fingerprint density at radius 1 is 0.614 bits per heavy atom. The SMILES string of the molecule is CC(F)(C(F)(F)F)C(F)(F)OC(C(=O)NCCC[n+]1ccn(CCOCCn2cc[n+](CNC(=O)C(OC(F)(F)C(C)(F)C(F)(F)F)C(F)(F)F)c2)c1)C(F)(F)F. The van der Waals surface area contributed by atoms with Crippen molar-refractivity contribution in [2.75, 3.05) is 19.8 Å². The van der Waals surface area contributed by atoms with Crippen molar-refractivity contribution in [3.05, 3.63) is 37.4 Å². The Hall–Kier alpha value is -4.02. The number of hydrogen-bond donors (Lipinski definition) is 2. The smallest absolute Gasteiger partial charge is 0.373 e. The van der Waals surface area contributed by atoms with Gasteiger partial charge in [0.1, 0.15) is 37.9 Å². The number of hydrogen-bond acceptors (Lipinski definition) is 5. The lowest BCUT2D eigenvalue weighted by molar-refractivity contribution is -0.699. The third-order valence-electron chi connectivity index (χ3n) is 7.57. The average Bonchev–Trinajstić information content (AvgIpc) is 3.70. The normalized spacial score (nSPS) is 16.8. The Balaban J connectivity index is 1.79. The molecule has 29 heteroatoms. The first-order chi connectivity index (χ1) is 25.6.